The van der Waals surface area contributed by atoms with Gasteiger partial charge in [0.25, 0.3) is 0 Å². The van der Waals surface area contributed by atoms with Crippen molar-refractivity contribution in [1.29, 1.82) is 0 Å². The number of fused-ring (bicyclic) bond motifs is 1. The third-order valence-corrected chi connectivity index (χ3v) is 4.32. The van der Waals surface area contributed by atoms with Crippen LogP contribution in [0.2, 0.25) is 0 Å². The number of hydrogen-bond acceptors (Lipinski definition) is 8. The van der Waals surface area contributed by atoms with E-state index >= 15 is 0 Å². The Labute approximate surface area is 151 Å². The molecule has 0 saturated carbocycles. The van der Waals surface area contributed by atoms with E-state index in [9.17, 15) is 10.2 Å². The average molecular weight is 368 g/mol. The van der Waals surface area contributed by atoms with Crippen molar-refractivity contribution < 1.29 is 39.7 Å². The molecule has 8 nitrogen and oxygen atoms in total. The topological polar surface area (TPSA) is 118 Å². The summed E-state index contributed by atoms with van der Waals surface area (Å²) in [6.45, 7) is -0.0851. The highest BCUT2D eigenvalue weighted by atomic mass is 17.2. The molecule has 3 aliphatic rings. The molecular weight excluding hydrogens is 344 g/mol. The standard InChI is InChI=1S/C18H24O8/c19-5-13(21)9-23-7-11-1-2-12(8-24-10-14(22)6-20)18-16-4-3-15(17(11)18)25-26-16/h1-4,13-16,19-22H,5-10H2. The first-order chi connectivity index (χ1) is 12.6. The monoisotopic (exact) mass is 368 g/mol. The summed E-state index contributed by atoms with van der Waals surface area (Å²) >= 11 is 0. The lowest BCUT2D eigenvalue weighted by atomic mass is 9.85. The Morgan fingerprint density at radius 2 is 1.23 bits per heavy atom. The molecule has 8 heteroatoms. The van der Waals surface area contributed by atoms with Crippen LogP contribution in [0.25, 0.3) is 0 Å². The molecule has 0 spiro atoms. The number of hydrogen-bond donors (Lipinski definition) is 4. The molecule has 4 atom stereocenters. The van der Waals surface area contributed by atoms with Crippen molar-refractivity contribution in [2.45, 2.75) is 37.6 Å². The van der Waals surface area contributed by atoms with Crippen molar-refractivity contribution in [3.05, 3.63) is 46.5 Å². The van der Waals surface area contributed by atoms with Gasteiger partial charge in [0, 0.05) is 0 Å². The highest BCUT2D eigenvalue weighted by molar-refractivity contribution is 5.49. The van der Waals surface area contributed by atoms with Gasteiger partial charge in [0.15, 0.2) is 0 Å². The molecule has 4 N–H and O–H groups in total. The molecule has 2 heterocycles. The van der Waals surface area contributed by atoms with E-state index in [2.05, 4.69) is 0 Å². The van der Waals surface area contributed by atoms with Crippen molar-refractivity contribution in [3.63, 3.8) is 0 Å². The van der Waals surface area contributed by atoms with E-state index in [0.29, 0.717) is 0 Å². The van der Waals surface area contributed by atoms with E-state index in [1.807, 2.05) is 24.3 Å². The summed E-state index contributed by atoms with van der Waals surface area (Å²) in [5, 5.41) is 36.5. The van der Waals surface area contributed by atoms with Crippen molar-refractivity contribution in [1.82, 2.24) is 0 Å². The van der Waals surface area contributed by atoms with Crippen LogP contribution in [0.4, 0.5) is 0 Å². The molecule has 0 fully saturated rings. The first kappa shape index (κ1) is 19.4. The van der Waals surface area contributed by atoms with Gasteiger partial charge in [-0.3, -0.25) is 0 Å². The minimum absolute atomic E-state index is 0.0382. The van der Waals surface area contributed by atoms with Crippen LogP contribution in [0.15, 0.2) is 24.3 Å². The van der Waals surface area contributed by atoms with Crippen molar-refractivity contribution in [2.75, 3.05) is 26.4 Å². The highest BCUT2D eigenvalue weighted by Crippen LogP contribution is 2.45. The maximum absolute atomic E-state index is 9.40. The molecule has 2 bridgehead atoms. The molecule has 2 aliphatic heterocycles. The van der Waals surface area contributed by atoms with Gasteiger partial charge in [-0.25, -0.2) is 9.78 Å². The number of aliphatic hydroxyl groups is 4. The number of ether oxygens (including phenoxy) is 2. The smallest absolute Gasteiger partial charge is 0.137 e. The molecule has 26 heavy (non-hydrogen) atoms. The summed E-state index contributed by atoms with van der Waals surface area (Å²) in [5.41, 5.74) is 3.72. The molecule has 0 radical (unpaired) electrons. The lowest BCUT2D eigenvalue weighted by Crippen LogP contribution is -2.26. The Hall–Kier alpha value is -1.36. The SMILES string of the molecule is OCC(O)COCc1ccc(COCC(O)CO)c2c1C1C=CC2OO1. The second kappa shape index (κ2) is 9.03. The Kier molecular flexibility index (Phi) is 6.74. The van der Waals surface area contributed by atoms with Gasteiger partial charge in [0.2, 0.25) is 0 Å². The van der Waals surface area contributed by atoms with Crippen LogP contribution in [0.5, 0.6) is 0 Å². The molecule has 1 aromatic carbocycles. The van der Waals surface area contributed by atoms with Crippen molar-refractivity contribution >= 4 is 0 Å². The van der Waals surface area contributed by atoms with Gasteiger partial charge in [-0.2, -0.15) is 0 Å². The van der Waals surface area contributed by atoms with Crippen LogP contribution in [0.3, 0.4) is 0 Å². The largest absolute Gasteiger partial charge is 0.394 e. The van der Waals surface area contributed by atoms with Crippen LogP contribution >= 0.6 is 0 Å². The van der Waals surface area contributed by atoms with E-state index in [4.69, 9.17) is 29.5 Å². The van der Waals surface area contributed by atoms with E-state index in [-0.39, 0.29) is 51.8 Å². The first-order valence-electron chi connectivity index (χ1n) is 8.52. The molecule has 4 rings (SSSR count). The Morgan fingerprint density at radius 1 is 0.808 bits per heavy atom. The lowest BCUT2D eigenvalue weighted by molar-refractivity contribution is -0.355. The molecule has 0 saturated heterocycles. The van der Waals surface area contributed by atoms with E-state index in [0.717, 1.165) is 22.3 Å². The Bertz CT molecular complexity index is 579. The van der Waals surface area contributed by atoms with Crippen LogP contribution in [-0.4, -0.2) is 59.1 Å². The molecule has 1 aliphatic carbocycles. The third kappa shape index (κ3) is 4.30. The fourth-order valence-electron chi connectivity index (χ4n) is 3.04. The quantitative estimate of drug-likeness (QED) is 0.338. The average Bonchev–Trinajstić information content (AvgIpc) is 2.69. The van der Waals surface area contributed by atoms with Gasteiger partial charge in [0.1, 0.15) is 24.4 Å². The van der Waals surface area contributed by atoms with E-state index < -0.39 is 12.2 Å². The zero-order valence-electron chi connectivity index (χ0n) is 14.3. The van der Waals surface area contributed by atoms with Gasteiger partial charge >= 0.3 is 0 Å². The fraction of sp³-hybridized carbons (Fsp3) is 0.556. The maximum Gasteiger partial charge on any atom is 0.137 e. The fourth-order valence-corrected chi connectivity index (χ4v) is 3.04. The lowest BCUT2D eigenvalue weighted by Gasteiger charge is -2.35. The summed E-state index contributed by atoms with van der Waals surface area (Å²) in [5.74, 6) is 0. The summed E-state index contributed by atoms with van der Waals surface area (Å²) in [6.07, 6.45) is 1.32. The molecular formula is C18H24O8. The molecule has 1 aromatic rings. The Morgan fingerprint density at radius 3 is 1.58 bits per heavy atom. The van der Waals surface area contributed by atoms with Gasteiger partial charge < -0.3 is 29.9 Å². The van der Waals surface area contributed by atoms with Gasteiger partial charge in [-0.1, -0.05) is 12.1 Å². The summed E-state index contributed by atoms with van der Waals surface area (Å²) < 4.78 is 11.0. The van der Waals surface area contributed by atoms with Crippen LogP contribution in [0.1, 0.15) is 34.5 Å². The molecule has 144 valence electrons. The number of aliphatic hydroxyl groups excluding tert-OH is 4. The minimum atomic E-state index is -0.910. The van der Waals surface area contributed by atoms with E-state index in [1.54, 1.807) is 0 Å². The zero-order chi connectivity index (χ0) is 18.5. The normalized spacial score (nSPS) is 23.1. The minimum Gasteiger partial charge on any atom is -0.394 e. The molecule has 4 unspecified atom stereocenters. The number of rotatable bonds is 10. The van der Waals surface area contributed by atoms with Crippen LogP contribution < -0.4 is 0 Å². The van der Waals surface area contributed by atoms with Gasteiger partial charge in [-0.05, 0) is 34.4 Å². The summed E-state index contributed by atoms with van der Waals surface area (Å²) in [4.78, 5) is 10.7. The highest BCUT2D eigenvalue weighted by Gasteiger charge is 2.35. The maximum atomic E-state index is 9.40. The van der Waals surface area contributed by atoms with Crippen LogP contribution in [-0.2, 0) is 32.5 Å². The van der Waals surface area contributed by atoms with Crippen LogP contribution in [0, 0.1) is 0 Å². The summed E-state index contributed by atoms with van der Waals surface area (Å²) in [6, 6.07) is 3.81. The number of benzene rings is 1. The second-order valence-corrected chi connectivity index (χ2v) is 6.33. The second-order valence-electron chi connectivity index (χ2n) is 6.33. The predicted octanol–water partition coefficient (Wildman–Crippen LogP) is 0.0400. The van der Waals surface area contributed by atoms with Gasteiger partial charge in [-0.15, -0.1) is 0 Å². The summed E-state index contributed by atoms with van der Waals surface area (Å²) in [7, 11) is 0. The molecule has 0 aromatic heterocycles. The van der Waals surface area contributed by atoms with Crippen molar-refractivity contribution in [2.24, 2.45) is 0 Å². The van der Waals surface area contributed by atoms with Gasteiger partial charge in [0.05, 0.1) is 39.6 Å². The zero-order valence-corrected chi connectivity index (χ0v) is 14.3. The predicted molar refractivity (Wildman–Crippen MR) is 88.7 cm³/mol. The Balaban J connectivity index is 1.76. The van der Waals surface area contributed by atoms with E-state index in [1.165, 1.54) is 0 Å². The molecule has 0 amide bonds. The third-order valence-electron chi connectivity index (χ3n) is 4.32. The first-order valence-corrected chi connectivity index (χ1v) is 8.52. The van der Waals surface area contributed by atoms with Crippen molar-refractivity contribution in [3.8, 4) is 0 Å².